The zero-order valence-electron chi connectivity index (χ0n) is 12.4. The smallest absolute Gasteiger partial charge is 0.224 e. The van der Waals surface area contributed by atoms with Crippen LogP contribution in [0.15, 0.2) is 24.3 Å². The van der Waals surface area contributed by atoms with Gasteiger partial charge in [-0.05, 0) is 37.6 Å². The summed E-state index contributed by atoms with van der Waals surface area (Å²) in [5.41, 5.74) is 2.06. The Bertz CT molecular complexity index is 431. The molecule has 20 heavy (non-hydrogen) atoms. The van der Waals surface area contributed by atoms with Crippen LogP contribution in [0.25, 0.3) is 0 Å². The zero-order valence-corrected chi connectivity index (χ0v) is 12.4. The Labute approximate surface area is 121 Å². The Hall–Kier alpha value is -1.55. The lowest BCUT2D eigenvalue weighted by molar-refractivity contribution is -0.116. The number of hydrogen-bond donors (Lipinski definition) is 1. The first-order chi connectivity index (χ1) is 9.70. The number of carbonyl (C=O) groups excluding carboxylic acids is 1. The van der Waals surface area contributed by atoms with Gasteiger partial charge in [-0.3, -0.25) is 4.79 Å². The molecule has 2 rings (SSSR count). The maximum atomic E-state index is 11.7. The molecular weight excluding hydrogens is 252 g/mol. The highest BCUT2D eigenvalue weighted by Crippen LogP contribution is 2.22. The summed E-state index contributed by atoms with van der Waals surface area (Å²) in [7, 11) is 0. The fraction of sp³-hybridized carbons (Fsp3) is 0.562. The molecule has 0 bridgehead atoms. The summed E-state index contributed by atoms with van der Waals surface area (Å²) in [4.78, 5) is 14.0. The fourth-order valence-electron chi connectivity index (χ4n) is 2.41. The van der Waals surface area contributed by atoms with Gasteiger partial charge in [0.15, 0.2) is 0 Å². The van der Waals surface area contributed by atoms with E-state index in [1.165, 1.54) is 5.69 Å². The molecule has 1 atom stereocenters. The van der Waals surface area contributed by atoms with Gasteiger partial charge in [-0.1, -0.05) is 13.3 Å². The molecule has 0 aliphatic carbocycles. The molecule has 110 valence electrons. The summed E-state index contributed by atoms with van der Waals surface area (Å²) < 4.78 is 5.45. The third-order valence-corrected chi connectivity index (χ3v) is 3.61. The Morgan fingerprint density at radius 2 is 2.15 bits per heavy atom. The van der Waals surface area contributed by atoms with Gasteiger partial charge in [0.1, 0.15) is 0 Å². The number of rotatable bonds is 5. The molecule has 4 nitrogen and oxygen atoms in total. The van der Waals surface area contributed by atoms with E-state index in [1.807, 2.05) is 12.1 Å². The molecule has 1 aliphatic rings. The van der Waals surface area contributed by atoms with E-state index in [2.05, 4.69) is 36.2 Å². The average molecular weight is 276 g/mol. The van der Waals surface area contributed by atoms with Gasteiger partial charge in [0.05, 0.1) is 13.2 Å². The molecule has 0 radical (unpaired) electrons. The lowest BCUT2D eigenvalue weighted by Gasteiger charge is -2.35. The summed E-state index contributed by atoms with van der Waals surface area (Å²) in [6, 6.07) is 8.48. The van der Waals surface area contributed by atoms with Crippen molar-refractivity contribution in [2.75, 3.05) is 30.0 Å². The number of nitrogens with one attached hydrogen (secondary N) is 1. The van der Waals surface area contributed by atoms with Crippen LogP contribution in [-0.2, 0) is 9.53 Å². The molecule has 1 unspecified atom stereocenters. The van der Waals surface area contributed by atoms with Crippen molar-refractivity contribution in [3.05, 3.63) is 24.3 Å². The van der Waals surface area contributed by atoms with Crippen molar-refractivity contribution in [1.82, 2.24) is 0 Å². The van der Waals surface area contributed by atoms with Gasteiger partial charge in [-0.25, -0.2) is 0 Å². The number of unbranched alkanes of at least 4 members (excludes halogenated alkanes) is 1. The van der Waals surface area contributed by atoms with Crippen molar-refractivity contribution < 1.29 is 9.53 Å². The molecule has 1 aromatic rings. The summed E-state index contributed by atoms with van der Waals surface area (Å²) in [5.74, 6) is 0.0966. The van der Waals surface area contributed by atoms with Gasteiger partial charge in [0.25, 0.3) is 0 Å². The topological polar surface area (TPSA) is 41.6 Å². The first-order valence-corrected chi connectivity index (χ1v) is 7.45. The third kappa shape index (κ3) is 3.97. The number of carbonyl (C=O) groups is 1. The van der Waals surface area contributed by atoms with Crippen molar-refractivity contribution in [1.29, 1.82) is 0 Å². The minimum Gasteiger partial charge on any atom is -0.377 e. The van der Waals surface area contributed by atoms with Crippen LogP contribution in [0.1, 0.15) is 33.1 Å². The molecule has 1 saturated heterocycles. The number of hydrogen-bond acceptors (Lipinski definition) is 3. The summed E-state index contributed by atoms with van der Waals surface area (Å²) in [5, 5.41) is 2.94. The van der Waals surface area contributed by atoms with E-state index in [-0.39, 0.29) is 5.91 Å². The summed E-state index contributed by atoms with van der Waals surface area (Å²) >= 11 is 0. The Morgan fingerprint density at radius 1 is 1.40 bits per heavy atom. The number of ether oxygens (including phenoxy) is 1. The molecule has 1 amide bonds. The van der Waals surface area contributed by atoms with E-state index in [0.29, 0.717) is 12.5 Å². The molecule has 1 fully saturated rings. The monoisotopic (exact) mass is 276 g/mol. The second kappa shape index (κ2) is 7.29. The molecule has 0 saturated carbocycles. The predicted molar refractivity (Wildman–Crippen MR) is 82.2 cm³/mol. The Balaban J connectivity index is 1.93. The second-order valence-electron chi connectivity index (χ2n) is 5.32. The van der Waals surface area contributed by atoms with Crippen molar-refractivity contribution in [2.45, 2.75) is 39.2 Å². The number of nitrogens with zero attached hydrogens (tertiary/aromatic N) is 1. The average Bonchev–Trinajstić information content (AvgIpc) is 2.47. The zero-order chi connectivity index (χ0) is 14.4. The molecule has 0 spiro atoms. The van der Waals surface area contributed by atoms with Gasteiger partial charge in [0.2, 0.25) is 5.91 Å². The molecule has 1 aliphatic heterocycles. The van der Waals surface area contributed by atoms with Gasteiger partial charge in [0, 0.05) is 30.4 Å². The van der Waals surface area contributed by atoms with Crippen molar-refractivity contribution in [3.63, 3.8) is 0 Å². The normalized spacial score (nSPS) is 18.9. The van der Waals surface area contributed by atoms with Crippen LogP contribution in [0.2, 0.25) is 0 Å². The largest absolute Gasteiger partial charge is 0.377 e. The minimum atomic E-state index is 0.0966. The van der Waals surface area contributed by atoms with Crippen LogP contribution in [0.3, 0.4) is 0 Å². The van der Waals surface area contributed by atoms with Crippen LogP contribution in [0.4, 0.5) is 11.4 Å². The first kappa shape index (κ1) is 14.9. The maximum Gasteiger partial charge on any atom is 0.224 e. The summed E-state index contributed by atoms with van der Waals surface area (Å²) in [6.07, 6.45) is 2.58. The minimum absolute atomic E-state index is 0.0966. The molecular formula is C16H24N2O2. The lowest BCUT2D eigenvalue weighted by Crippen LogP contribution is -2.43. The van der Waals surface area contributed by atoms with Crippen molar-refractivity contribution in [2.24, 2.45) is 0 Å². The maximum absolute atomic E-state index is 11.7. The second-order valence-corrected chi connectivity index (χ2v) is 5.32. The SMILES string of the molecule is CCCCC(=O)Nc1ccc(N2CCOCC2C)cc1. The van der Waals surface area contributed by atoms with E-state index in [4.69, 9.17) is 4.74 Å². The number of amides is 1. The van der Waals surface area contributed by atoms with E-state index in [1.54, 1.807) is 0 Å². The van der Waals surface area contributed by atoms with E-state index >= 15 is 0 Å². The molecule has 4 heteroatoms. The Morgan fingerprint density at radius 3 is 2.80 bits per heavy atom. The Kier molecular flexibility index (Phi) is 5.41. The van der Waals surface area contributed by atoms with E-state index in [0.717, 1.165) is 38.3 Å². The van der Waals surface area contributed by atoms with E-state index in [9.17, 15) is 4.79 Å². The quantitative estimate of drug-likeness (QED) is 0.898. The van der Waals surface area contributed by atoms with Gasteiger partial charge < -0.3 is 15.0 Å². The number of morpholine rings is 1. The highest BCUT2D eigenvalue weighted by molar-refractivity contribution is 5.90. The van der Waals surface area contributed by atoms with Gasteiger partial charge in [-0.2, -0.15) is 0 Å². The predicted octanol–water partition coefficient (Wildman–Crippen LogP) is 3.04. The highest BCUT2D eigenvalue weighted by Gasteiger charge is 2.18. The lowest BCUT2D eigenvalue weighted by atomic mass is 10.2. The third-order valence-electron chi connectivity index (χ3n) is 3.61. The number of anilines is 2. The van der Waals surface area contributed by atoms with Crippen LogP contribution < -0.4 is 10.2 Å². The van der Waals surface area contributed by atoms with Crippen LogP contribution in [0, 0.1) is 0 Å². The van der Waals surface area contributed by atoms with Crippen molar-refractivity contribution in [3.8, 4) is 0 Å². The van der Waals surface area contributed by atoms with Gasteiger partial charge >= 0.3 is 0 Å². The molecule has 1 heterocycles. The molecule has 1 aromatic carbocycles. The summed E-state index contributed by atoms with van der Waals surface area (Å²) in [6.45, 7) is 6.73. The van der Waals surface area contributed by atoms with Crippen molar-refractivity contribution >= 4 is 17.3 Å². The highest BCUT2D eigenvalue weighted by atomic mass is 16.5. The molecule has 1 N–H and O–H groups in total. The molecule has 0 aromatic heterocycles. The van der Waals surface area contributed by atoms with E-state index < -0.39 is 0 Å². The number of benzene rings is 1. The standard InChI is InChI=1S/C16H24N2O2/c1-3-4-5-16(19)17-14-6-8-15(9-7-14)18-10-11-20-12-13(18)2/h6-9,13H,3-5,10-12H2,1-2H3,(H,17,19). The van der Waals surface area contributed by atoms with Crippen LogP contribution in [-0.4, -0.2) is 31.7 Å². The van der Waals surface area contributed by atoms with Gasteiger partial charge in [-0.15, -0.1) is 0 Å². The first-order valence-electron chi connectivity index (χ1n) is 7.45. The van der Waals surface area contributed by atoms with Crippen LogP contribution >= 0.6 is 0 Å². The van der Waals surface area contributed by atoms with Crippen LogP contribution in [0.5, 0.6) is 0 Å². The fourth-order valence-corrected chi connectivity index (χ4v) is 2.41.